The molecule has 2 aliphatic rings. The fourth-order valence-electron chi connectivity index (χ4n) is 6.88. The van der Waals surface area contributed by atoms with Crippen molar-refractivity contribution in [3.05, 3.63) is 121 Å². The number of hydrogen-bond donors (Lipinski definition) is 2. The molecule has 0 aliphatic carbocycles. The highest BCUT2D eigenvalue weighted by Gasteiger charge is 2.22. The third-order valence-corrected chi connectivity index (χ3v) is 9.44. The maximum absolute atomic E-state index is 11.9. The number of H-pyrrole nitrogens is 2. The Morgan fingerprint density at radius 2 is 0.833 bits per heavy atom. The second kappa shape index (κ2) is 13.3. The van der Waals surface area contributed by atoms with Gasteiger partial charge in [0.25, 0.3) is 0 Å². The zero-order valence-corrected chi connectivity index (χ0v) is 28.8. The minimum Gasteiger partial charge on any atom is -0.462 e. The van der Waals surface area contributed by atoms with Crippen LogP contribution in [0.3, 0.4) is 0 Å². The molecule has 0 saturated heterocycles. The zero-order valence-electron chi connectivity index (χ0n) is 28.8. The predicted octanol–water partition coefficient (Wildman–Crippen LogP) is 7.41. The van der Waals surface area contributed by atoms with Crippen LogP contribution in [0.25, 0.3) is 89.7 Å². The van der Waals surface area contributed by atoms with Gasteiger partial charge in [-0.2, -0.15) is 0 Å². The molecule has 54 heavy (non-hydrogen) atoms. The van der Waals surface area contributed by atoms with Crippen molar-refractivity contribution in [2.45, 2.75) is 12.8 Å². The zero-order chi connectivity index (χ0) is 36.8. The molecule has 0 fully saturated rings. The van der Waals surface area contributed by atoms with Gasteiger partial charge < -0.3 is 19.4 Å². The average molecular weight is 711 g/mol. The highest BCUT2D eigenvalue weighted by Crippen LogP contribution is 2.37. The minimum atomic E-state index is -0.515. The van der Waals surface area contributed by atoms with Gasteiger partial charge in [0.05, 0.1) is 13.2 Å². The van der Waals surface area contributed by atoms with E-state index >= 15 is 0 Å². The summed E-state index contributed by atoms with van der Waals surface area (Å²) in [7, 11) is 0. The first-order chi connectivity index (χ1) is 26.5. The molecule has 262 valence electrons. The molecular formula is C42H30N8O4. The van der Waals surface area contributed by atoms with Crippen molar-refractivity contribution >= 4 is 56.1 Å². The maximum atomic E-state index is 11.9. The summed E-state index contributed by atoms with van der Waals surface area (Å²) in [6.07, 6.45) is 3.05. The Kier molecular flexibility index (Phi) is 8.04. The normalized spacial score (nSPS) is 11.6. The standard InChI is InChI=1S/C42H30N8O4/c1-3-33(51)53-19-17-23-21-31-32(22-24(23)18-20-54-34(52)4-2)42-49-40-30-16-10-8-14-28(30)38(47-40)45-36-26-12-6-5-11-25(26)35(43-36)44-37-27-13-7-9-15-29(27)39(46-37)48-41(31)50-42/h3-16,21-22H,1-2,17-20H2,(H2,43,44,45,46,47,48,49,50). The van der Waals surface area contributed by atoms with Crippen LogP contribution in [0.15, 0.2) is 110 Å². The van der Waals surface area contributed by atoms with Crippen molar-refractivity contribution in [3.8, 4) is 45.6 Å². The van der Waals surface area contributed by atoms with Crippen LogP contribution in [0.1, 0.15) is 11.1 Å². The van der Waals surface area contributed by atoms with Crippen LogP contribution in [0.2, 0.25) is 0 Å². The summed E-state index contributed by atoms with van der Waals surface area (Å²) in [5.74, 6) is 0.951. The first-order valence-corrected chi connectivity index (χ1v) is 17.3. The minimum absolute atomic E-state index is 0.120. The molecular weight excluding hydrogens is 681 g/mol. The summed E-state index contributed by atoms with van der Waals surface area (Å²) in [6, 6.07) is 27.7. The number of hydrogen-bond acceptors (Lipinski definition) is 10. The number of esters is 2. The summed E-state index contributed by atoms with van der Waals surface area (Å²) in [4.78, 5) is 61.0. The summed E-state index contributed by atoms with van der Waals surface area (Å²) in [5.41, 5.74) is 7.37. The van der Waals surface area contributed by atoms with E-state index in [1.54, 1.807) is 0 Å². The van der Waals surface area contributed by atoms with E-state index in [9.17, 15) is 9.59 Å². The monoisotopic (exact) mass is 710 g/mol. The topological polar surface area (TPSA) is 162 Å². The molecule has 7 aromatic rings. The third kappa shape index (κ3) is 5.75. The van der Waals surface area contributed by atoms with Crippen molar-refractivity contribution in [1.29, 1.82) is 0 Å². The van der Waals surface area contributed by atoms with Gasteiger partial charge in [-0.05, 0) is 23.3 Å². The van der Waals surface area contributed by atoms with Crippen LogP contribution in [0.5, 0.6) is 0 Å². The second-order valence-electron chi connectivity index (χ2n) is 12.7. The Labute approximate surface area is 307 Å². The van der Waals surface area contributed by atoms with Gasteiger partial charge in [-0.25, -0.2) is 39.5 Å². The van der Waals surface area contributed by atoms with Crippen molar-refractivity contribution in [1.82, 2.24) is 39.9 Å². The lowest BCUT2D eigenvalue weighted by atomic mass is 9.98. The largest absolute Gasteiger partial charge is 0.462 e. The van der Waals surface area contributed by atoms with Crippen LogP contribution in [0, 0.1) is 0 Å². The number of aromatic amines is 2. The van der Waals surface area contributed by atoms with E-state index in [2.05, 4.69) is 23.1 Å². The fraction of sp³-hybridized carbons (Fsp3) is 0.0952. The molecule has 0 atom stereocenters. The quantitative estimate of drug-likeness (QED) is 0.120. The number of rotatable bonds is 8. The lowest BCUT2D eigenvalue weighted by Crippen LogP contribution is -2.09. The molecule has 12 heteroatoms. The lowest BCUT2D eigenvalue weighted by molar-refractivity contribution is -0.138. The van der Waals surface area contributed by atoms with Crippen molar-refractivity contribution < 1.29 is 19.1 Å². The maximum Gasteiger partial charge on any atom is 0.330 e. The van der Waals surface area contributed by atoms with Gasteiger partial charge in [-0.15, -0.1) is 0 Å². The number of fused-ring (bicyclic) bond motifs is 20. The summed E-state index contributed by atoms with van der Waals surface area (Å²) in [5, 5.41) is 3.32. The molecule has 0 radical (unpaired) electrons. The van der Waals surface area contributed by atoms with Crippen LogP contribution in [0.4, 0.5) is 0 Å². The second-order valence-corrected chi connectivity index (χ2v) is 12.7. The molecule has 2 N–H and O–H groups in total. The van der Waals surface area contributed by atoms with Gasteiger partial charge in [0, 0.05) is 68.8 Å². The molecule has 5 heterocycles. The van der Waals surface area contributed by atoms with Gasteiger partial charge in [-0.3, -0.25) is 0 Å². The Hall–Kier alpha value is -7.34. The Balaban J connectivity index is 1.36. The third-order valence-electron chi connectivity index (χ3n) is 9.44. The summed E-state index contributed by atoms with van der Waals surface area (Å²) < 4.78 is 10.7. The number of benzene rings is 4. The van der Waals surface area contributed by atoms with Crippen LogP contribution in [-0.4, -0.2) is 65.0 Å². The average Bonchev–Trinajstić information content (AvgIpc) is 3.93. The number of ether oxygens (including phenoxy) is 2. The van der Waals surface area contributed by atoms with E-state index in [0.29, 0.717) is 58.7 Å². The van der Waals surface area contributed by atoms with Crippen LogP contribution >= 0.6 is 0 Å². The van der Waals surface area contributed by atoms with Gasteiger partial charge in [0.15, 0.2) is 23.3 Å². The molecule has 9 rings (SSSR count). The van der Waals surface area contributed by atoms with Crippen molar-refractivity contribution in [3.63, 3.8) is 0 Å². The number of nitrogens with one attached hydrogen (secondary N) is 2. The SMILES string of the molecule is C=CC(=O)OCCc1cc2c3nc4nc(nc5[nH]c(nc6nc(nc([nH]3)c2cc1CCOC(=O)C=C)-c1ccccc1-6)c1ccccc51)-c1ccccc1-4. The van der Waals surface area contributed by atoms with Crippen LogP contribution in [-0.2, 0) is 31.9 Å². The van der Waals surface area contributed by atoms with E-state index in [1.807, 2.05) is 84.9 Å². The van der Waals surface area contributed by atoms with E-state index < -0.39 is 11.9 Å². The van der Waals surface area contributed by atoms with Gasteiger partial charge in [0.2, 0.25) is 0 Å². The Bertz CT molecular complexity index is 2700. The molecule has 8 bridgehead atoms. The first-order valence-electron chi connectivity index (χ1n) is 17.3. The lowest BCUT2D eigenvalue weighted by Gasteiger charge is -2.11. The Morgan fingerprint density at radius 1 is 0.500 bits per heavy atom. The van der Waals surface area contributed by atoms with E-state index in [-0.39, 0.29) is 13.2 Å². The number of carbonyl (C=O) groups excluding carboxylic acids is 2. The van der Waals surface area contributed by atoms with Crippen molar-refractivity contribution in [2.24, 2.45) is 0 Å². The van der Waals surface area contributed by atoms with E-state index in [1.165, 1.54) is 0 Å². The molecule has 0 spiro atoms. The number of carbonyl (C=O) groups is 2. The number of nitrogens with zero attached hydrogens (tertiary/aromatic N) is 6. The van der Waals surface area contributed by atoms with Gasteiger partial charge in [0.1, 0.15) is 22.6 Å². The highest BCUT2D eigenvalue weighted by molar-refractivity contribution is 6.06. The summed E-state index contributed by atoms with van der Waals surface area (Å²) in [6.45, 7) is 7.23. The van der Waals surface area contributed by atoms with Gasteiger partial charge in [-0.1, -0.05) is 86.0 Å². The van der Waals surface area contributed by atoms with Crippen LogP contribution < -0.4 is 0 Å². The smallest absolute Gasteiger partial charge is 0.330 e. The fourth-order valence-corrected chi connectivity index (χ4v) is 6.88. The molecule has 12 nitrogen and oxygen atoms in total. The van der Waals surface area contributed by atoms with E-state index in [4.69, 9.17) is 39.4 Å². The molecule has 0 amide bonds. The number of aromatic nitrogens is 8. The molecule has 4 aromatic carbocycles. The Morgan fingerprint density at radius 3 is 1.19 bits per heavy atom. The molecule has 0 saturated carbocycles. The molecule has 0 unspecified atom stereocenters. The molecule has 3 aromatic heterocycles. The first kappa shape index (κ1) is 32.6. The van der Waals surface area contributed by atoms with Gasteiger partial charge >= 0.3 is 11.9 Å². The highest BCUT2D eigenvalue weighted by atomic mass is 16.5. The van der Waals surface area contributed by atoms with E-state index in [0.717, 1.165) is 67.1 Å². The van der Waals surface area contributed by atoms with Crippen molar-refractivity contribution in [2.75, 3.05) is 13.2 Å². The predicted molar refractivity (Wildman–Crippen MR) is 206 cm³/mol. The summed E-state index contributed by atoms with van der Waals surface area (Å²) >= 11 is 0. The molecule has 2 aliphatic heterocycles.